The Morgan fingerprint density at radius 3 is 1.27 bits per heavy atom. The van der Waals surface area contributed by atoms with Gasteiger partial charge >= 0.3 is 0 Å². The number of carbonyl (C=O) groups is 2. The van der Waals surface area contributed by atoms with Crippen LogP contribution in [0.3, 0.4) is 0 Å². The van der Waals surface area contributed by atoms with Crippen molar-refractivity contribution >= 4 is 68.9 Å². The van der Waals surface area contributed by atoms with Gasteiger partial charge in [0, 0.05) is 68.7 Å². The summed E-state index contributed by atoms with van der Waals surface area (Å²) in [5, 5.41) is 4.29. The quantitative estimate of drug-likeness (QED) is 0.0672. The first-order valence-electron chi connectivity index (χ1n) is 32.9. The van der Waals surface area contributed by atoms with Gasteiger partial charge in [-0.3, -0.25) is 28.0 Å². The molecule has 0 saturated heterocycles. The molecule has 4 aromatic heterocycles. The minimum Gasteiger partial charge on any atom is -0.385 e. The van der Waals surface area contributed by atoms with Crippen molar-refractivity contribution in [2.45, 2.75) is 222 Å². The molecule has 488 valence electrons. The number of hydrogen-bond acceptors (Lipinski definition) is 5. The number of nitrogens with zero attached hydrogens (tertiary/aromatic N) is 2. The van der Waals surface area contributed by atoms with Gasteiger partial charge in [-0.1, -0.05) is 205 Å². The molecular weight excluding hydrogens is 1160 g/mol. The molecule has 2 aliphatic carbocycles. The average Bonchev–Trinajstić information content (AvgIpc) is 2.00. The Morgan fingerprint density at radius 2 is 0.932 bits per heavy atom. The number of nitrogen functional groups attached to an aromatic ring is 1. The summed E-state index contributed by atoms with van der Waals surface area (Å²) in [7, 11) is 0. The predicted octanol–water partition coefficient (Wildman–Crippen LogP) is 21.1. The molecule has 1 amide bonds. The minimum absolute atomic E-state index is 0. The third kappa shape index (κ3) is 18.7. The summed E-state index contributed by atoms with van der Waals surface area (Å²) in [5.74, 6) is 5.43. The maximum absolute atomic E-state index is 13.6. The molecule has 13 heteroatoms. The Labute approximate surface area is 545 Å². The normalized spacial score (nSPS) is 21.6. The molecule has 0 bridgehead atoms. The fraction of sp³-hybridized carbons (Fsp3) is 0.627. The van der Waals surface area contributed by atoms with Crippen molar-refractivity contribution in [1.29, 1.82) is 0 Å². The Bertz CT molecular complexity index is 3290. The van der Waals surface area contributed by atoms with Gasteiger partial charge in [0.25, 0.3) is 11.1 Å². The van der Waals surface area contributed by atoms with Crippen molar-refractivity contribution in [2.24, 2.45) is 80.8 Å². The van der Waals surface area contributed by atoms with Crippen LogP contribution in [0.2, 0.25) is 10.0 Å². The van der Waals surface area contributed by atoms with Crippen LogP contribution in [0, 0.1) is 80.8 Å². The summed E-state index contributed by atoms with van der Waals surface area (Å²) in [5.41, 5.74) is 14.7. The number of anilines is 2. The largest absolute Gasteiger partial charge is 0.385 e. The Hall–Kier alpha value is -4.77. The number of H-pyrrole nitrogens is 2. The molecule has 0 radical (unpaired) electrons. The van der Waals surface area contributed by atoms with Crippen LogP contribution < -0.4 is 22.2 Å². The zero-order valence-electron chi connectivity index (χ0n) is 56.3. The predicted molar refractivity (Wildman–Crippen MR) is 377 cm³/mol. The van der Waals surface area contributed by atoms with E-state index in [-0.39, 0.29) is 63.2 Å². The lowest BCUT2D eigenvalue weighted by molar-refractivity contribution is -0.120. The van der Waals surface area contributed by atoms with Crippen molar-refractivity contribution in [3.63, 3.8) is 0 Å². The number of unbranched alkanes of at least 4 members (excludes halogenated alkanes) is 2. The Morgan fingerprint density at radius 1 is 0.580 bits per heavy atom. The van der Waals surface area contributed by atoms with Gasteiger partial charge in [0.1, 0.15) is 22.9 Å². The molecule has 88 heavy (non-hydrogen) atoms. The van der Waals surface area contributed by atoms with E-state index in [0.29, 0.717) is 69.0 Å². The highest BCUT2D eigenvalue weighted by Gasteiger charge is 2.48. The van der Waals surface area contributed by atoms with Gasteiger partial charge < -0.3 is 21.0 Å². The second kappa shape index (κ2) is 31.0. The summed E-state index contributed by atoms with van der Waals surface area (Å²) >= 11 is 17.8. The van der Waals surface area contributed by atoms with E-state index in [1.807, 2.05) is 67.8 Å². The monoisotopic (exact) mass is 1270 g/mol. The summed E-state index contributed by atoms with van der Waals surface area (Å²) < 4.78 is 3.45. The van der Waals surface area contributed by atoms with Gasteiger partial charge in [0.05, 0.1) is 0 Å². The van der Waals surface area contributed by atoms with Crippen LogP contribution in [0.5, 0.6) is 0 Å². The number of aromatic amines is 2. The van der Waals surface area contributed by atoms with Gasteiger partial charge in [-0.15, -0.1) is 0 Å². The van der Waals surface area contributed by atoms with Gasteiger partial charge in [0.2, 0.25) is 11.1 Å². The summed E-state index contributed by atoms with van der Waals surface area (Å²) in [4.78, 5) is 57.2. The first-order valence-corrected chi connectivity index (χ1v) is 34.1. The highest BCUT2D eigenvalue weighted by atomic mass is 35.5. The minimum atomic E-state index is -0.170. The number of hydrogen-bond donors (Lipinski definition) is 4. The van der Waals surface area contributed by atoms with E-state index in [1.165, 1.54) is 43.4 Å². The molecule has 0 aliphatic heterocycles. The zero-order valence-corrected chi connectivity index (χ0v) is 58.6. The van der Waals surface area contributed by atoms with E-state index in [2.05, 4.69) is 133 Å². The van der Waals surface area contributed by atoms with Gasteiger partial charge in [0.15, 0.2) is 0 Å². The molecule has 0 spiro atoms. The molecule has 2 fully saturated rings. The number of aromatic nitrogens is 4. The first-order chi connectivity index (χ1) is 40.6. The highest BCUT2D eigenvalue weighted by Crippen LogP contribution is 2.55. The lowest BCUT2D eigenvalue weighted by atomic mass is 9.54. The van der Waals surface area contributed by atoms with Crippen molar-refractivity contribution in [3.8, 4) is 22.3 Å². The maximum atomic E-state index is 13.6. The van der Waals surface area contributed by atoms with Crippen molar-refractivity contribution in [2.75, 3.05) is 11.1 Å². The van der Waals surface area contributed by atoms with Crippen LogP contribution in [0.1, 0.15) is 220 Å². The number of halogens is 3. The fourth-order valence-corrected chi connectivity index (χ4v) is 15.5. The summed E-state index contributed by atoms with van der Waals surface area (Å²) in [6.07, 6.45) is 18.4. The van der Waals surface area contributed by atoms with Crippen LogP contribution in [-0.2, 0) is 22.4 Å². The number of benzene rings is 2. The number of rotatable bonds is 17. The molecule has 4 heterocycles. The average molecular weight is 1270 g/mol. The van der Waals surface area contributed by atoms with E-state index in [1.54, 1.807) is 8.80 Å². The van der Waals surface area contributed by atoms with E-state index in [4.69, 9.17) is 40.5 Å². The van der Waals surface area contributed by atoms with Crippen LogP contribution in [0.15, 0.2) is 82.6 Å². The van der Waals surface area contributed by atoms with Crippen LogP contribution in [0.25, 0.3) is 33.5 Å². The summed E-state index contributed by atoms with van der Waals surface area (Å²) in [6, 6.07) is 18.8. The van der Waals surface area contributed by atoms with E-state index in [9.17, 15) is 19.2 Å². The molecule has 2 saturated carbocycles. The first kappa shape index (κ1) is 74.0. The third-order valence-electron chi connectivity index (χ3n) is 19.8. The van der Waals surface area contributed by atoms with Crippen molar-refractivity contribution in [3.05, 3.63) is 115 Å². The third-order valence-corrected chi connectivity index (χ3v) is 20.6. The van der Waals surface area contributed by atoms with E-state index < -0.39 is 0 Å². The summed E-state index contributed by atoms with van der Waals surface area (Å²) in [6.45, 7) is 41.8. The fourth-order valence-electron chi connectivity index (χ4n) is 15.0. The smallest absolute Gasteiger partial charge is 0.259 e. The molecular formula is C75H113Cl3N6O4. The number of carbonyl (C=O) groups excluding carboxylic acids is 2. The molecule has 6 aromatic rings. The maximum Gasteiger partial charge on any atom is 0.259 e. The van der Waals surface area contributed by atoms with Crippen molar-refractivity contribution in [1.82, 2.24) is 18.8 Å². The SMILES string of the molecule is C.CC1CC(C(C)(C)C)C(Cc2c(-c3ccc(Cl)cc3)cn3c(=O)cc(N)[nH]c23)C(C(C)(C)C)C1.CCCCC(CC)C(=O)Cl.CCCCC(CC)C(=O)Nc1cc(=O)n2cc(-c3ccc(Cl)cc3)c(CC3C(C(C)(C)C)CC(C)CC3C(C)(C)C)c2[nH]1. The Balaban J connectivity index is 0.000000279. The van der Waals surface area contributed by atoms with Crippen LogP contribution >= 0.6 is 34.8 Å². The number of fused-ring (bicyclic) bond motifs is 2. The molecule has 6 atom stereocenters. The van der Waals surface area contributed by atoms with Crippen molar-refractivity contribution < 1.29 is 9.59 Å². The number of nitrogens with two attached hydrogens (primary N) is 1. The number of amides is 1. The number of nitrogens with one attached hydrogen (secondary N) is 3. The molecule has 8 rings (SSSR count). The van der Waals surface area contributed by atoms with Gasteiger partial charge in [-0.05, 0) is 180 Å². The second-order valence-corrected chi connectivity index (χ2v) is 31.9. The standard InChI is InChI=1S/C37H54ClN3O2.C29H40ClN3O.C8H15ClO.CH4/c1-10-12-13-24(11-2)35(43)40-32-21-33(42)41-22-29(25-14-16-26(38)17-15-25)27(34(41)39-32)20-28-30(36(4,5)6)18-23(3)19-31(28)37(7,8)9;1-17-12-23(28(2,3)4)21(24(13-17)29(5,6)7)14-20-22(18-8-10-19(30)11-9-18)16-33-26(34)15-25(31)32-27(20)33;1-3-5-6-7(4-2)8(9)10;/h14-17,21-24,28,30-31,39H,10-13,18-20H2,1-9H3,(H,40,43);8-11,15-17,21,23-24,32H,12-14,31H2,1-7H3;7H,3-6H2,1-2H3;1H4. The second-order valence-electron chi connectivity index (χ2n) is 30.6. The lowest BCUT2D eigenvalue weighted by Gasteiger charge is -2.51. The van der Waals surface area contributed by atoms with Crippen LogP contribution in [-0.4, -0.2) is 29.9 Å². The lowest BCUT2D eigenvalue weighted by Crippen LogP contribution is -2.44. The van der Waals surface area contributed by atoms with E-state index in [0.717, 1.165) is 103 Å². The van der Waals surface area contributed by atoms with Gasteiger partial charge in [-0.25, -0.2) is 0 Å². The van der Waals surface area contributed by atoms with E-state index >= 15 is 0 Å². The highest BCUT2D eigenvalue weighted by molar-refractivity contribution is 6.63. The topological polar surface area (TPSA) is 147 Å². The molecule has 2 aliphatic rings. The molecule has 6 unspecified atom stereocenters. The van der Waals surface area contributed by atoms with Crippen LogP contribution in [0.4, 0.5) is 11.6 Å². The molecule has 10 nitrogen and oxygen atoms in total. The molecule has 2 aromatic carbocycles. The zero-order chi connectivity index (χ0) is 64.7. The van der Waals surface area contributed by atoms with Gasteiger partial charge in [-0.2, -0.15) is 0 Å². The Kier molecular flexibility index (Phi) is 26.1. The molecule has 5 N–H and O–H groups in total.